The smallest absolute Gasteiger partial charge is 0.271 e. The summed E-state index contributed by atoms with van der Waals surface area (Å²) in [5.74, 6) is -0.463. The zero-order chi connectivity index (χ0) is 24.2. The molecule has 3 aromatic carbocycles. The number of phenolic OH excluding ortho intramolecular Hbond substituents is 1. The van der Waals surface area contributed by atoms with Crippen molar-refractivity contribution in [2.75, 3.05) is 4.90 Å². The summed E-state index contributed by atoms with van der Waals surface area (Å²) in [6.45, 7) is 4.14. The van der Waals surface area contributed by atoms with Crippen LogP contribution < -0.4 is 4.90 Å². The molecule has 0 atom stereocenters. The summed E-state index contributed by atoms with van der Waals surface area (Å²) in [5, 5.41) is 21.9. The summed E-state index contributed by atoms with van der Waals surface area (Å²) < 4.78 is 0. The number of hydrogen-bond acceptors (Lipinski definition) is 6. The highest BCUT2D eigenvalue weighted by Gasteiger charge is 2.35. The first kappa shape index (κ1) is 23.3. The highest BCUT2D eigenvalue weighted by Crippen LogP contribution is 2.38. The first-order valence-corrected chi connectivity index (χ1v) is 11.7. The second-order valence-corrected chi connectivity index (χ2v) is 8.69. The van der Waals surface area contributed by atoms with Gasteiger partial charge in [0.15, 0.2) is 5.17 Å². The van der Waals surface area contributed by atoms with E-state index >= 15 is 0 Å². The fraction of sp³-hybridized carbons (Fsp3) is 0.154. The lowest BCUT2D eigenvalue weighted by Gasteiger charge is -2.16. The number of aryl methyl sites for hydroxylation is 2. The van der Waals surface area contributed by atoms with Gasteiger partial charge in [0, 0.05) is 17.7 Å². The van der Waals surface area contributed by atoms with Gasteiger partial charge in [-0.3, -0.25) is 19.8 Å². The molecule has 1 aliphatic rings. The van der Waals surface area contributed by atoms with Crippen LogP contribution in [0.1, 0.15) is 30.5 Å². The van der Waals surface area contributed by atoms with E-state index in [1.54, 1.807) is 0 Å². The lowest BCUT2D eigenvalue weighted by molar-refractivity contribution is -0.384. The Labute approximate surface area is 201 Å². The molecular weight excluding hydrogens is 450 g/mol. The molecule has 0 unspecified atom stereocenters. The maximum Gasteiger partial charge on any atom is 0.271 e. The van der Waals surface area contributed by atoms with Crippen molar-refractivity contribution in [3.05, 3.63) is 98.4 Å². The molecule has 1 heterocycles. The first-order chi connectivity index (χ1) is 16.4. The number of carbonyl (C=O) groups excluding carboxylic acids is 1. The number of amides is 1. The van der Waals surface area contributed by atoms with Crippen molar-refractivity contribution in [3.63, 3.8) is 0 Å². The zero-order valence-corrected chi connectivity index (χ0v) is 19.6. The van der Waals surface area contributed by atoms with E-state index in [9.17, 15) is 20.0 Å². The molecule has 0 radical (unpaired) electrons. The van der Waals surface area contributed by atoms with E-state index in [1.165, 1.54) is 34.7 Å². The monoisotopic (exact) mass is 473 g/mol. The molecule has 1 amide bonds. The number of phenols is 1. The van der Waals surface area contributed by atoms with Crippen molar-refractivity contribution in [3.8, 4) is 5.75 Å². The molecular formula is C26H23N3O4S. The van der Waals surface area contributed by atoms with Gasteiger partial charge in [0.05, 0.1) is 21.2 Å². The third-order valence-electron chi connectivity index (χ3n) is 5.49. The number of nitrogens with zero attached hydrogens (tertiary/aromatic N) is 3. The van der Waals surface area contributed by atoms with Crippen molar-refractivity contribution in [1.82, 2.24) is 0 Å². The van der Waals surface area contributed by atoms with Crippen LogP contribution >= 0.6 is 11.8 Å². The number of benzene rings is 3. The van der Waals surface area contributed by atoms with Gasteiger partial charge in [-0.05, 0) is 72.1 Å². The number of hydrogen-bond donors (Lipinski definition) is 1. The predicted octanol–water partition coefficient (Wildman–Crippen LogP) is 6.23. The molecule has 0 aliphatic carbocycles. The SMILES string of the molecule is CCc1ccc(N=C2S/C(=C/c3cc([N+](=O)[O-])ccc3O)C(=O)N2c2ccc(CC)cc2)cc1. The van der Waals surface area contributed by atoms with E-state index in [0.29, 0.717) is 21.4 Å². The number of thioether (sulfide) groups is 1. The van der Waals surface area contributed by atoms with Gasteiger partial charge in [-0.2, -0.15) is 0 Å². The molecule has 172 valence electrons. The van der Waals surface area contributed by atoms with Gasteiger partial charge in [-0.1, -0.05) is 38.1 Å². The number of non-ortho nitro benzene ring substituents is 1. The van der Waals surface area contributed by atoms with Crippen LogP contribution in [0.2, 0.25) is 0 Å². The summed E-state index contributed by atoms with van der Waals surface area (Å²) in [6.07, 6.45) is 3.26. The quantitative estimate of drug-likeness (QED) is 0.260. The van der Waals surface area contributed by atoms with Gasteiger partial charge in [0.2, 0.25) is 0 Å². The van der Waals surface area contributed by atoms with Crippen LogP contribution in [0.25, 0.3) is 6.08 Å². The summed E-state index contributed by atoms with van der Waals surface area (Å²) >= 11 is 1.16. The van der Waals surface area contributed by atoms with Crippen molar-refractivity contribution >= 4 is 46.0 Å². The third kappa shape index (κ3) is 4.87. The highest BCUT2D eigenvalue weighted by molar-refractivity contribution is 8.19. The zero-order valence-electron chi connectivity index (χ0n) is 18.8. The molecule has 4 rings (SSSR count). The molecule has 0 bridgehead atoms. The standard InChI is InChI=1S/C26H23N3O4S/c1-3-17-5-9-20(10-6-17)27-26-28(21-11-7-18(4-2)8-12-21)25(31)24(34-26)16-19-15-22(29(32)33)13-14-23(19)30/h5-16,30H,3-4H2,1-2H3/b24-16+,27-26?. The van der Waals surface area contributed by atoms with E-state index in [0.717, 1.165) is 30.2 Å². The van der Waals surface area contributed by atoms with Crippen molar-refractivity contribution < 1.29 is 14.8 Å². The Kier molecular flexibility index (Phi) is 6.79. The number of anilines is 1. The minimum Gasteiger partial charge on any atom is -0.507 e. The topological polar surface area (TPSA) is 96.0 Å². The summed E-state index contributed by atoms with van der Waals surface area (Å²) in [4.78, 5) is 30.6. The molecule has 1 N–H and O–H groups in total. The molecule has 0 saturated carbocycles. The van der Waals surface area contributed by atoms with Crippen LogP contribution in [-0.4, -0.2) is 21.1 Å². The Morgan fingerprint density at radius 3 is 2.21 bits per heavy atom. The van der Waals surface area contributed by atoms with E-state index < -0.39 is 4.92 Å². The number of nitro benzene ring substituents is 1. The van der Waals surface area contributed by atoms with Crippen LogP contribution in [0.4, 0.5) is 17.1 Å². The largest absolute Gasteiger partial charge is 0.507 e. The van der Waals surface area contributed by atoms with Crippen LogP contribution in [0, 0.1) is 10.1 Å². The summed E-state index contributed by atoms with van der Waals surface area (Å²) in [6, 6.07) is 19.2. The number of aliphatic imine (C=N–C) groups is 1. The third-order valence-corrected chi connectivity index (χ3v) is 6.46. The second kappa shape index (κ2) is 9.93. The fourth-order valence-corrected chi connectivity index (χ4v) is 4.48. The maximum atomic E-state index is 13.4. The fourth-order valence-electron chi connectivity index (χ4n) is 3.49. The van der Waals surface area contributed by atoms with Crippen molar-refractivity contribution in [2.24, 2.45) is 4.99 Å². The lowest BCUT2D eigenvalue weighted by Crippen LogP contribution is -2.28. The number of carbonyl (C=O) groups is 1. The summed E-state index contributed by atoms with van der Waals surface area (Å²) in [5.41, 5.74) is 3.74. The molecule has 1 fully saturated rings. The van der Waals surface area contributed by atoms with Gasteiger partial charge in [0.25, 0.3) is 11.6 Å². The number of nitro groups is 1. The molecule has 0 spiro atoms. The minimum atomic E-state index is -0.542. The molecule has 0 aromatic heterocycles. The average Bonchev–Trinajstić information content (AvgIpc) is 3.15. The molecule has 1 saturated heterocycles. The molecule has 3 aromatic rings. The minimum absolute atomic E-state index is 0.147. The average molecular weight is 474 g/mol. The van der Waals surface area contributed by atoms with Gasteiger partial charge >= 0.3 is 0 Å². The molecule has 34 heavy (non-hydrogen) atoms. The Hall–Kier alpha value is -3.91. The van der Waals surface area contributed by atoms with E-state index in [-0.39, 0.29) is 22.9 Å². The Morgan fingerprint density at radius 2 is 1.62 bits per heavy atom. The van der Waals surface area contributed by atoms with Gasteiger partial charge in [-0.15, -0.1) is 0 Å². The van der Waals surface area contributed by atoms with Crippen LogP contribution in [0.15, 0.2) is 76.6 Å². The number of aromatic hydroxyl groups is 1. The van der Waals surface area contributed by atoms with Gasteiger partial charge in [-0.25, -0.2) is 4.99 Å². The van der Waals surface area contributed by atoms with Gasteiger partial charge in [0.1, 0.15) is 5.75 Å². The Bertz CT molecular complexity index is 1300. The molecule has 1 aliphatic heterocycles. The van der Waals surface area contributed by atoms with Crippen LogP contribution in [0.5, 0.6) is 5.75 Å². The van der Waals surface area contributed by atoms with Crippen LogP contribution in [0.3, 0.4) is 0 Å². The molecule has 8 heteroatoms. The van der Waals surface area contributed by atoms with Crippen molar-refractivity contribution in [1.29, 1.82) is 0 Å². The number of rotatable bonds is 6. The lowest BCUT2D eigenvalue weighted by atomic mass is 10.1. The highest BCUT2D eigenvalue weighted by atomic mass is 32.2. The molecule has 7 nitrogen and oxygen atoms in total. The van der Waals surface area contributed by atoms with E-state index in [4.69, 9.17) is 4.99 Å². The Balaban J connectivity index is 1.78. The summed E-state index contributed by atoms with van der Waals surface area (Å²) in [7, 11) is 0. The van der Waals surface area contributed by atoms with Crippen LogP contribution in [-0.2, 0) is 17.6 Å². The predicted molar refractivity (Wildman–Crippen MR) is 137 cm³/mol. The first-order valence-electron chi connectivity index (χ1n) is 10.9. The normalized spacial score (nSPS) is 15.9. The van der Waals surface area contributed by atoms with Gasteiger partial charge < -0.3 is 5.11 Å². The Morgan fingerprint density at radius 1 is 1.00 bits per heavy atom. The number of amidine groups is 1. The maximum absolute atomic E-state index is 13.4. The van der Waals surface area contributed by atoms with E-state index in [1.807, 2.05) is 48.5 Å². The van der Waals surface area contributed by atoms with Crippen molar-refractivity contribution in [2.45, 2.75) is 26.7 Å². The second-order valence-electron chi connectivity index (χ2n) is 7.69. The van der Waals surface area contributed by atoms with E-state index in [2.05, 4.69) is 13.8 Å².